The summed E-state index contributed by atoms with van der Waals surface area (Å²) in [6.07, 6.45) is 0. The van der Waals surface area contributed by atoms with Gasteiger partial charge in [-0.25, -0.2) is 4.79 Å². The summed E-state index contributed by atoms with van der Waals surface area (Å²) in [5.74, 6) is 0.393. The molecule has 0 aliphatic carbocycles. The standard InChI is InChI=1S/C9H12N2O3S2/c10-1-2-15-3-5-7(12)11-6(9(13)14)4-16-8(5)11/h4-5,8H,1-3,10H2,(H,13,14)/t5?,8-/m0/s1. The number of thioether (sulfide) groups is 2. The number of hydrogen-bond donors (Lipinski definition) is 2. The first-order chi connectivity index (χ1) is 7.66. The molecule has 2 atom stereocenters. The van der Waals surface area contributed by atoms with Crippen LogP contribution in [-0.4, -0.2) is 45.3 Å². The number of rotatable bonds is 5. The lowest BCUT2D eigenvalue weighted by molar-refractivity contribution is -0.150. The monoisotopic (exact) mass is 260 g/mol. The highest BCUT2D eigenvalue weighted by molar-refractivity contribution is 8.03. The minimum atomic E-state index is -1.03. The number of carboxylic acid groups (broad SMARTS) is 1. The first-order valence-electron chi connectivity index (χ1n) is 4.86. The van der Waals surface area contributed by atoms with Crippen LogP contribution in [0, 0.1) is 5.92 Å². The van der Waals surface area contributed by atoms with E-state index in [1.165, 1.54) is 16.7 Å². The van der Waals surface area contributed by atoms with Gasteiger partial charge in [-0.05, 0) is 0 Å². The molecule has 0 aromatic rings. The molecule has 2 aliphatic rings. The van der Waals surface area contributed by atoms with Crippen molar-refractivity contribution in [3.8, 4) is 0 Å². The summed E-state index contributed by atoms with van der Waals surface area (Å²) in [5, 5.41) is 10.4. The van der Waals surface area contributed by atoms with E-state index in [4.69, 9.17) is 10.8 Å². The second-order valence-corrected chi connectivity index (χ2v) is 5.65. The Bertz CT molecular complexity index is 359. The first kappa shape index (κ1) is 11.8. The normalized spacial score (nSPS) is 27.4. The van der Waals surface area contributed by atoms with Crippen molar-refractivity contribution >= 4 is 35.4 Å². The number of carboxylic acids is 1. The van der Waals surface area contributed by atoms with Crippen LogP contribution in [0.5, 0.6) is 0 Å². The Hall–Kier alpha value is -0.660. The molecule has 3 N–H and O–H groups in total. The van der Waals surface area contributed by atoms with Crippen molar-refractivity contribution < 1.29 is 14.7 Å². The zero-order valence-electron chi connectivity index (χ0n) is 8.46. The molecule has 0 aromatic carbocycles. The smallest absolute Gasteiger partial charge is 0.353 e. The van der Waals surface area contributed by atoms with Crippen molar-refractivity contribution in [2.45, 2.75) is 5.37 Å². The number of hydrogen-bond acceptors (Lipinski definition) is 5. The van der Waals surface area contributed by atoms with Gasteiger partial charge in [-0.1, -0.05) is 0 Å². The minimum Gasteiger partial charge on any atom is -0.477 e. The maximum atomic E-state index is 11.7. The van der Waals surface area contributed by atoms with Crippen LogP contribution in [0.2, 0.25) is 0 Å². The number of β-lactam (4-membered cyclic amide) rings is 1. The molecule has 88 valence electrons. The highest BCUT2D eigenvalue weighted by Gasteiger charge is 2.53. The Morgan fingerprint density at radius 3 is 3.06 bits per heavy atom. The molecule has 1 fully saturated rings. The molecule has 2 heterocycles. The quantitative estimate of drug-likeness (QED) is 0.540. The van der Waals surface area contributed by atoms with Crippen LogP contribution in [-0.2, 0) is 9.59 Å². The molecular formula is C9H12N2O3S2. The van der Waals surface area contributed by atoms with Crippen LogP contribution in [0.15, 0.2) is 11.1 Å². The lowest BCUT2D eigenvalue weighted by Crippen LogP contribution is -2.58. The second-order valence-electron chi connectivity index (χ2n) is 3.51. The van der Waals surface area contributed by atoms with Gasteiger partial charge in [-0.2, -0.15) is 11.8 Å². The van der Waals surface area contributed by atoms with E-state index in [1.807, 2.05) is 0 Å². The highest BCUT2D eigenvalue weighted by Crippen LogP contribution is 2.45. The summed E-state index contributed by atoms with van der Waals surface area (Å²) >= 11 is 3.06. The third-order valence-electron chi connectivity index (χ3n) is 2.51. The van der Waals surface area contributed by atoms with Gasteiger partial charge in [0.05, 0.1) is 11.3 Å². The van der Waals surface area contributed by atoms with Crippen LogP contribution in [0.3, 0.4) is 0 Å². The summed E-state index contributed by atoms with van der Waals surface area (Å²) in [6, 6.07) is 0. The van der Waals surface area contributed by atoms with Crippen LogP contribution >= 0.6 is 23.5 Å². The van der Waals surface area contributed by atoms with E-state index < -0.39 is 5.97 Å². The summed E-state index contributed by atoms with van der Waals surface area (Å²) in [4.78, 5) is 23.9. The fourth-order valence-corrected chi connectivity index (χ4v) is 3.99. The molecule has 0 saturated carbocycles. The molecule has 0 bridgehead atoms. The Morgan fingerprint density at radius 1 is 1.69 bits per heavy atom. The van der Waals surface area contributed by atoms with Gasteiger partial charge in [0.2, 0.25) is 5.91 Å². The number of amides is 1. The molecule has 7 heteroatoms. The van der Waals surface area contributed by atoms with E-state index in [0.29, 0.717) is 6.54 Å². The van der Waals surface area contributed by atoms with Gasteiger partial charge in [0.25, 0.3) is 0 Å². The highest BCUT2D eigenvalue weighted by atomic mass is 32.2. The van der Waals surface area contributed by atoms with Crippen LogP contribution in [0.1, 0.15) is 0 Å². The van der Waals surface area contributed by atoms with E-state index in [-0.39, 0.29) is 22.9 Å². The molecule has 1 saturated heterocycles. The SMILES string of the molecule is NCCSCC1C(=O)N2C(C(=O)O)=CS[C@@H]12. The average Bonchev–Trinajstić information content (AvgIpc) is 2.64. The topological polar surface area (TPSA) is 83.6 Å². The lowest BCUT2D eigenvalue weighted by atomic mass is 10.00. The maximum absolute atomic E-state index is 11.7. The van der Waals surface area contributed by atoms with E-state index >= 15 is 0 Å². The number of aliphatic carboxylic acids is 1. The summed E-state index contributed by atoms with van der Waals surface area (Å²) in [6.45, 7) is 0.603. The average molecular weight is 260 g/mol. The zero-order chi connectivity index (χ0) is 11.7. The van der Waals surface area contributed by atoms with Gasteiger partial charge in [0, 0.05) is 23.5 Å². The largest absolute Gasteiger partial charge is 0.477 e. The number of carbonyl (C=O) groups excluding carboxylic acids is 1. The van der Waals surface area contributed by atoms with Crippen LogP contribution in [0.4, 0.5) is 0 Å². The van der Waals surface area contributed by atoms with E-state index in [2.05, 4.69) is 0 Å². The Balaban J connectivity index is 1.91. The lowest BCUT2D eigenvalue weighted by Gasteiger charge is -2.42. The fourth-order valence-electron chi connectivity index (χ4n) is 1.73. The fraction of sp³-hybridized carbons (Fsp3) is 0.556. The summed E-state index contributed by atoms with van der Waals surface area (Å²) in [5.41, 5.74) is 5.48. The van der Waals surface area contributed by atoms with Crippen molar-refractivity contribution in [2.24, 2.45) is 11.7 Å². The predicted octanol–water partition coefficient (Wildman–Crippen LogP) is 0.136. The number of nitrogens with zero attached hydrogens (tertiary/aromatic N) is 1. The van der Waals surface area contributed by atoms with E-state index in [0.717, 1.165) is 11.5 Å². The van der Waals surface area contributed by atoms with Gasteiger partial charge < -0.3 is 10.8 Å². The third kappa shape index (κ3) is 1.83. The van der Waals surface area contributed by atoms with Gasteiger partial charge in [-0.15, -0.1) is 11.8 Å². The molecule has 0 aromatic heterocycles. The van der Waals surface area contributed by atoms with Crippen molar-refractivity contribution in [1.82, 2.24) is 4.90 Å². The molecule has 0 spiro atoms. The second kappa shape index (κ2) is 4.68. The Kier molecular flexibility index (Phi) is 3.46. The van der Waals surface area contributed by atoms with Crippen molar-refractivity contribution in [3.05, 3.63) is 11.1 Å². The first-order valence-corrected chi connectivity index (χ1v) is 6.96. The van der Waals surface area contributed by atoms with Crippen LogP contribution in [0.25, 0.3) is 0 Å². The summed E-state index contributed by atoms with van der Waals surface area (Å²) < 4.78 is 0. The van der Waals surface area contributed by atoms with Gasteiger partial charge in [0.15, 0.2) is 0 Å². The molecule has 5 nitrogen and oxygen atoms in total. The number of fused-ring (bicyclic) bond motifs is 1. The molecule has 16 heavy (non-hydrogen) atoms. The minimum absolute atomic E-state index is 0.0103. The Morgan fingerprint density at radius 2 is 2.44 bits per heavy atom. The van der Waals surface area contributed by atoms with Crippen molar-refractivity contribution in [2.75, 3.05) is 18.1 Å². The summed E-state index contributed by atoms with van der Waals surface area (Å²) in [7, 11) is 0. The maximum Gasteiger partial charge on any atom is 0.353 e. The molecule has 1 amide bonds. The van der Waals surface area contributed by atoms with Gasteiger partial charge in [-0.3, -0.25) is 9.69 Å². The van der Waals surface area contributed by atoms with Crippen molar-refractivity contribution in [3.63, 3.8) is 0 Å². The number of nitrogens with two attached hydrogens (primary N) is 1. The molecule has 1 unspecified atom stereocenters. The molecule has 2 aliphatic heterocycles. The van der Waals surface area contributed by atoms with Gasteiger partial charge in [0.1, 0.15) is 5.70 Å². The molecule has 0 radical (unpaired) electrons. The van der Waals surface area contributed by atoms with Gasteiger partial charge >= 0.3 is 5.97 Å². The van der Waals surface area contributed by atoms with Crippen LogP contribution < -0.4 is 5.73 Å². The molecule has 2 rings (SSSR count). The molecular weight excluding hydrogens is 248 g/mol. The Labute approximate surface area is 101 Å². The van der Waals surface area contributed by atoms with E-state index in [1.54, 1.807) is 17.2 Å². The zero-order valence-corrected chi connectivity index (χ0v) is 10.1. The van der Waals surface area contributed by atoms with E-state index in [9.17, 15) is 9.59 Å². The van der Waals surface area contributed by atoms with Crippen molar-refractivity contribution in [1.29, 1.82) is 0 Å². The number of carbonyl (C=O) groups is 2. The predicted molar refractivity (Wildman–Crippen MR) is 63.8 cm³/mol. The third-order valence-corrected chi connectivity index (χ3v) is 4.81.